The average molecular weight is 280 g/mol. The number of thiazole rings is 1. The van der Waals surface area contributed by atoms with Crippen molar-refractivity contribution in [2.24, 2.45) is 0 Å². The van der Waals surface area contributed by atoms with Gasteiger partial charge in [0.1, 0.15) is 0 Å². The Morgan fingerprint density at radius 3 is 2.33 bits per heavy atom. The second-order valence-electron chi connectivity index (χ2n) is 4.72. The van der Waals surface area contributed by atoms with Gasteiger partial charge in [0.2, 0.25) is 0 Å². The first-order chi connectivity index (χ1) is 8.60. The maximum atomic E-state index is 6.12. The first-order valence-corrected chi connectivity index (χ1v) is 7.50. The van der Waals surface area contributed by atoms with E-state index in [4.69, 9.17) is 11.6 Å². The second-order valence-corrected chi connectivity index (χ2v) is 6.31. The molecule has 0 spiro atoms. The summed E-state index contributed by atoms with van der Waals surface area (Å²) in [6.45, 7) is 6.29. The summed E-state index contributed by atoms with van der Waals surface area (Å²) in [5.74, 6) is 0.998. The molecule has 1 nitrogen and oxygen atoms in total. The van der Waals surface area contributed by atoms with Gasteiger partial charge >= 0.3 is 0 Å². The van der Waals surface area contributed by atoms with Crippen LogP contribution in [-0.4, -0.2) is 10.9 Å². The van der Waals surface area contributed by atoms with Crippen LogP contribution < -0.4 is 0 Å². The lowest BCUT2D eigenvalue weighted by Gasteiger charge is -2.12. The molecular formula is C15H18ClNS. The Hall–Kier alpha value is -0.860. The van der Waals surface area contributed by atoms with E-state index in [0.717, 1.165) is 12.1 Å². The predicted molar refractivity (Wildman–Crippen MR) is 79.9 cm³/mol. The minimum absolute atomic E-state index is 0.359. The largest absolute Gasteiger partial charge is 0.246 e. The number of hydrogen-bond acceptors (Lipinski definition) is 2. The molecule has 2 rings (SSSR count). The summed E-state index contributed by atoms with van der Waals surface area (Å²) in [5, 5.41) is 1.19. The topological polar surface area (TPSA) is 12.9 Å². The zero-order chi connectivity index (χ0) is 13.1. The Balaban J connectivity index is 2.16. The molecule has 0 aliphatic carbocycles. The Kier molecular flexibility index (Phi) is 4.41. The molecule has 1 heterocycles. The molecule has 0 radical (unpaired) electrons. The van der Waals surface area contributed by atoms with Gasteiger partial charge in [-0.3, -0.25) is 0 Å². The van der Waals surface area contributed by atoms with E-state index in [0.29, 0.717) is 11.8 Å². The van der Waals surface area contributed by atoms with E-state index in [-0.39, 0.29) is 0 Å². The lowest BCUT2D eigenvalue weighted by atomic mass is 9.97. The maximum Gasteiger partial charge on any atom is 0.0937 e. The van der Waals surface area contributed by atoms with Crippen molar-refractivity contribution in [1.29, 1.82) is 0 Å². The number of nitrogens with zero attached hydrogens (tertiary/aromatic N) is 1. The third-order valence-electron chi connectivity index (χ3n) is 3.23. The second kappa shape index (κ2) is 5.85. The summed E-state index contributed by atoms with van der Waals surface area (Å²) in [7, 11) is 0. The molecule has 0 amide bonds. The standard InChI is InChI=1S/C15H18ClNS/c1-10-4-6-13(7-5-10)14(9-16)8-15-17-11(2)12(3)18-15/h4-7,14H,8-9H2,1-3H3. The van der Waals surface area contributed by atoms with Crippen molar-refractivity contribution in [3.05, 3.63) is 51.0 Å². The summed E-state index contributed by atoms with van der Waals surface area (Å²) in [6, 6.07) is 8.64. The smallest absolute Gasteiger partial charge is 0.0937 e. The molecular weight excluding hydrogens is 262 g/mol. The SMILES string of the molecule is Cc1ccc(C(CCl)Cc2nc(C)c(C)s2)cc1. The highest BCUT2D eigenvalue weighted by atomic mass is 35.5. The number of rotatable bonds is 4. The molecule has 0 aliphatic rings. The maximum absolute atomic E-state index is 6.12. The number of aryl methyl sites for hydroxylation is 3. The van der Waals surface area contributed by atoms with Crippen LogP contribution in [0.2, 0.25) is 0 Å². The van der Waals surface area contributed by atoms with Crippen LogP contribution in [0, 0.1) is 20.8 Å². The fraction of sp³-hybridized carbons (Fsp3) is 0.400. The van der Waals surface area contributed by atoms with Crippen molar-refractivity contribution in [2.45, 2.75) is 33.1 Å². The number of alkyl halides is 1. The molecule has 1 unspecified atom stereocenters. The van der Waals surface area contributed by atoms with Crippen LogP contribution in [0.25, 0.3) is 0 Å². The lowest BCUT2D eigenvalue weighted by molar-refractivity contribution is 0.759. The summed E-state index contributed by atoms with van der Waals surface area (Å²) >= 11 is 7.90. The van der Waals surface area contributed by atoms with E-state index >= 15 is 0 Å². The van der Waals surface area contributed by atoms with Crippen LogP contribution in [0.5, 0.6) is 0 Å². The van der Waals surface area contributed by atoms with E-state index in [1.54, 1.807) is 11.3 Å². The Labute approximate surface area is 118 Å². The lowest BCUT2D eigenvalue weighted by Crippen LogP contribution is -2.04. The van der Waals surface area contributed by atoms with Gasteiger partial charge in [0.25, 0.3) is 0 Å². The van der Waals surface area contributed by atoms with E-state index in [1.165, 1.54) is 21.0 Å². The summed E-state index contributed by atoms with van der Waals surface area (Å²) in [5.41, 5.74) is 3.74. The van der Waals surface area contributed by atoms with Gasteiger partial charge in [-0.25, -0.2) is 4.98 Å². The highest BCUT2D eigenvalue weighted by Crippen LogP contribution is 2.26. The third kappa shape index (κ3) is 3.12. The van der Waals surface area contributed by atoms with Crippen LogP contribution >= 0.6 is 22.9 Å². The zero-order valence-corrected chi connectivity index (χ0v) is 12.6. The Morgan fingerprint density at radius 1 is 1.17 bits per heavy atom. The van der Waals surface area contributed by atoms with Crippen LogP contribution in [0.4, 0.5) is 0 Å². The molecule has 0 bridgehead atoms. The van der Waals surface area contributed by atoms with E-state index in [2.05, 4.69) is 50.0 Å². The fourth-order valence-corrected chi connectivity index (χ4v) is 3.24. The molecule has 3 heteroatoms. The minimum Gasteiger partial charge on any atom is -0.246 e. The van der Waals surface area contributed by atoms with Gasteiger partial charge < -0.3 is 0 Å². The molecule has 1 aromatic carbocycles. The molecule has 0 saturated carbocycles. The summed E-state index contributed by atoms with van der Waals surface area (Å²) in [4.78, 5) is 5.91. The monoisotopic (exact) mass is 279 g/mol. The Bertz CT molecular complexity index is 496. The molecule has 1 atom stereocenters. The Morgan fingerprint density at radius 2 is 1.83 bits per heavy atom. The van der Waals surface area contributed by atoms with E-state index in [1.807, 2.05) is 0 Å². The van der Waals surface area contributed by atoms with Crippen molar-refractivity contribution >= 4 is 22.9 Å². The number of aromatic nitrogens is 1. The van der Waals surface area contributed by atoms with Gasteiger partial charge in [-0.15, -0.1) is 22.9 Å². The molecule has 96 valence electrons. The highest BCUT2D eigenvalue weighted by molar-refractivity contribution is 7.11. The van der Waals surface area contributed by atoms with Crippen molar-refractivity contribution in [3.8, 4) is 0 Å². The average Bonchev–Trinajstić information content (AvgIpc) is 2.67. The number of hydrogen-bond donors (Lipinski definition) is 0. The van der Waals surface area contributed by atoms with Gasteiger partial charge in [0, 0.05) is 23.1 Å². The quantitative estimate of drug-likeness (QED) is 0.744. The molecule has 0 N–H and O–H groups in total. The van der Waals surface area contributed by atoms with Gasteiger partial charge in [-0.2, -0.15) is 0 Å². The van der Waals surface area contributed by atoms with Crippen molar-refractivity contribution in [2.75, 3.05) is 5.88 Å². The van der Waals surface area contributed by atoms with E-state index < -0.39 is 0 Å². The van der Waals surface area contributed by atoms with Gasteiger partial charge in [0.15, 0.2) is 0 Å². The fourth-order valence-electron chi connectivity index (χ4n) is 1.94. The third-order valence-corrected chi connectivity index (χ3v) is 4.70. The van der Waals surface area contributed by atoms with E-state index in [9.17, 15) is 0 Å². The first kappa shape index (κ1) is 13.6. The van der Waals surface area contributed by atoms with Crippen LogP contribution in [0.3, 0.4) is 0 Å². The summed E-state index contributed by atoms with van der Waals surface area (Å²) in [6.07, 6.45) is 0.936. The van der Waals surface area contributed by atoms with Crippen molar-refractivity contribution in [1.82, 2.24) is 4.98 Å². The van der Waals surface area contributed by atoms with Gasteiger partial charge in [-0.1, -0.05) is 29.8 Å². The molecule has 18 heavy (non-hydrogen) atoms. The zero-order valence-electron chi connectivity index (χ0n) is 11.0. The molecule has 0 aliphatic heterocycles. The van der Waals surface area contributed by atoms with Gasteiger partial charge in [0.05, 0.1) is 10.7 Å². The number of halogens is 1. The summed E-state index contributed by atoms with van der Waals surface area (Å²) < 4.78 is 0. The van der Waals surface area contributed by atoms with Gasteiger partial charge in [-0.05, 0) is 26.3 Å². The number of benzene rings is 1. The van der Waals surface area contributed by atoms with Crippen molar-refractivity contribution in [3.63, 3.8) is 0 Å². The first-order valence-electron chi connectivity index (χ1n) is 6.15. The molecule has 2 aromatic rings. The highest BCUT2D eigenvalue weighted by Gasteiger charge is 2.14. The molecule has 0 saturated heterocycles. The molecule has 1 aromatic heterocycles. The van der Waals surface area contributed by atoms with Crippen LogP contribution in [-0.2, 0) is 6.42 Å². The van der Waals surface area contributed by atoms with Crippen LogP contribution in [0.15, 0.2) is 24.3 Å². The minimum atomic E-state index is 0.359. The normalized spacial score (nSPS) is 12.7. The van der Waals surface area contributed by atoms with Crippen molar-refractivity contribution < 1.29 is 0 Å². The molecule has 0 fully saturated rings. The van der Waals surface area contributed by atoms with Crippen LogP contribution in [0.1, 0.15) is 32.6 Å². The predicted octanol–water partition coefficient (Wildman–Crippen LogP) is 4.63.